The molecule has 3 amide bonds. The highest BCUT2D eigenvalue weighted by molar-refractivity contribution is 8.00. The van der Waals surface area contributed by atoms with E-state index >= 15 is 0 Å². The summed E-state index contributed by atoms with van der Waals surface area (Å²) in [6, 6.07) is 24.8. The molecule has 2 aliphatic heterocycles. The van der Waals surface area contributed by atoms with Gasteiger partial charge in [-0.15, -0.1) is 11.8 Å². The van der Waals surface area contributed by atoms with Gasteiger partial charge in [-0.3, -0.25) is 14.5 Å². The number of amides is 3. The van der Waals surface area contributed by atoms with Crippen LogP contribution in [0.2, 0.25) is 0 Å². The molecule has 3 aromatic rings. The lowest BCUT2D eigenvalue weighted by atomic mass is 10.0. The lowest BCUT2D eigenvalue weighted by Crippen LogP contribution is -2.70. The van der Waals surface area contributed by atoms with E-state index in [1.54, 1.807) is 30.3 Å². The van der Waals surface area contributed by atoms with Gasteiger partial charge in [0.05, 0.1) is 5.03 Å². The van der Waals surface area contributed by atoms with Gasteiger partial charge in [-0.1, -0.05) is 115 Å². The van der Waals surface area contributed by atoms with Crippen molar-refractivity contribution in [2.75, 3.05) is 12.4 Å². The maximum Gasteiger partial charge on any atom is 0.516 e. The van der Waals surface area contributed by atoms with Crippen LogP contribution >= 0.6 is 23.4 Å². The molecule has 2 aliphatic rings. The van der Waals surface area contributed by atoms with E-state index in [4.69, 9.17) is 25.8 Å². The molecule has 44 heavy (non-hydrogen) atoms. The highest BCUT2D eigenvalue weighted by Gasteiger charge is 2.54. The zero-order valence-corrected chi connectivity index (χ0v) is 24.8. The molecule has 2 N–H and O–H groups in total. The highest BCUT2D eigenvalue weighted by atomic mass is 35.5. The first kappa shape index (κ1) is 30.7. The van der Waals surface area contributed by atoms with E-state index in [9.17, 15) is 19.2 Å². The van der Waals surface area contributed by atoms with Gasteiger partial charge in [0.15, 0.2) is 6.10 Å². The van der Waals surface area contributed by atoms with E-state index < -0.39 is 47.6 Å². The van der Waals surface area contributed by atoms with Crippen LogP contribution < -0.4 is 10.6 Å². The summed E-state index contributed by atoms with van der Waals surface area (Å²) in [6.07, 6.45) is -1.24. The predicted molar refractivity (Wildman–Crippen MR) is 164 cm³/mol. The third-order valence-electron chi connectivity index (χ3n) is 6.76. The fourth-order valence-electron chi connectivity index (χ4n) is 4.70. The van der Waals surface area contributed by atoms with Crippen molar-refractivity contribution >= 4 is 47.4 Å². The lowest BCUT2D eigenvalue weighted by Gasteiger charge is -2.48. The van der Waals surface area contributed by atoms with Gasteiger partial charge in [0.25, 0.3) is 5.91 Å². The Balaban J connectivity index is 1.27. The van der Waals surface area contributed by atoms with Gasteiger partial charge >= 0.3 is 12.2 Å². The molecule has 3 aromatic carbocycles. The molecule has 0 aliphatic carbocycles. The third kappa shape index (κ3) is 6.90. The van der Waals surface area contributed by atoms with E-state index in [1.165, 1.54) is 22.7 Å². The van der Waals surface area contributed by atoms with Crippen molar-refractivity contribution < 1.29 is 33.4 Å². The second-order valence-corrected chi connectivity index (χ2v) is 11.2. The molecule has 0 spiro atoms. The summed E-state index contributed by atoms with van der Waals surface area (Å²) in [5, 5.41) is 4.77. The predicted octanol–water partition coefficient (Wildman–Crippen LogP) is 5.39. The molecule has 0 aromatic heterocycles. The van der Waals surface area contributed by atoms with Crippen LogP contribution in [0.15, 0.2) is 115 Å². The first-order chi connectivity index (χ1) is 21.4. The molecule has 3 atom stereocenters. The number of fused-ring (bicyclic) bond motifs is 1. The normalized spacial score (nSPS) is 18.0. The van der Waals surface area contributed by atoms with Gasteiger partial charge < -0.3 is 24.8 Å². The summed E-state index contributed by atoms with van der Waals surface area (Å²) in [5.74, 6) is -1.09. The minimum atomic E-state index is -1.14. The summed E-state index contributed by atoms with van der Waals surface area (Å²) < 4.78 is 16.2. The van der Waals surface area contributed by atoms with Crippen LogP contribution in [0.4, 0.5) is 9.59 Å². The first-order valence-corrected chi connectivity index (χ1v) is 15.0. The molecule has 0 radical (unpaired) electrons. The van der Waals surface area contributed by atoms with Crippen LogP contribution in [-0.2, 0) is 23.8 Å². The molecule has 0 bridgehead atoms. The fraction of sp³-hybridized carbons (Fsp3) is 0.188. The van der Waals surface area contributed by atoms with Gasteiger partial charge in [-0.2, -0.15) is 0 Å². The quantitative estimate of drug-likeness (QED) is 0.173. The van der Waals surface area contributed by atoms with Gasteiger partial charge in [0.1, 0.15) is 24.1 Å². The Morgan fingerprint density at radius 2 is 1.52 bits per heavy atom. The Morgan fingerprint density at radius 1 is 0.955 bits per heavy atom. The number of β-lactam (4-membered cyclic amide) rings is 1. The van der Waals surface area contributed by atoms with E-state index in [-0.39, 0.29) is 23.3 Å². The van der Waals surface area contributed by atoms with Crippen molar-refractivity contribution in [1.82, 2.24) is 15.5 Å². The van der Waals surface area contributed by atoms with Crippen LogP contribution in [0.25, 0.3) is 0 Å². The van der Waals surface area contributed by atoms with Crippen LogP contribution in [0, 0.1) is 0 Å². The van der Waals surface area contributed by atoms with Crippen molar-refractivity contribution in [2.45, 2.75) is 23.6 Å². The molecule has 1 fully saturated rings. The largest absolute Gasteiger partial charge is 0.516 e. The molecule has 1 saturated heterocycles. The van der Waals surface area contributed by atoms with Crippen molar-refractivity contribution in [2.24, 2.45) is 0 Å². The summed E-state index contributed by atoms with van der Waals surface area (Å²) in [4.78, 5) is 53.2. The number of halogens is 1. The Labute approximate surface area is 263 Å². The molecular formula is C32H28ClN3O7S. The number of alkyl carbamates (subject to hydrolysis) is 1. The SMILES string of the molecule is C=CCOC(=O)NC(C(=O)NC1C(=O)N2C(OC(=O)OC(c3ccccc3)c3ccccc3)=C(Cl)CS[C@@H]12)c1ccccc1. The number of rotatable bonds is 10. The standard InChI is InChI=1S/C32H28ClN3O7S/c1-2-18-41-31(39)35-24(20-12-6-3-7-13-20)27(37)34-25-28(38)36-29(23(33)19-44-30(25)36)43-32(40)42-26(21-14-8-4-9-15-21)22-16-10-5-11-17-22/h2-17,24-26,30H,1,18-19H2,(H,34,37)(H,35,39)/t24?,25?,30-/m0/s1. The number of nitrogens with zero attached hydrogens (tertiary/aromatic N) is 1. The molecule has 226 valence electrons. The minimum Gasteiger partial charge on any atom is -0.445 e. The van der Waals surface area contributed by atoms with Gasteiger partial charge in [0.2, 0.25) is 11.8 Å². The first-order valence-electron chi connectivity index (χ1n) is 13.6. The second kappa shape index (κ2) is 14.2. The summed E-state index contributed by atoms with van der Waals surface area (Å²) in [5.41, 5.74) is 1.94. The molecule has 0 saturated carbocycles. The number of carbonyl (C=O) groups excluding carboxylic acids is 4. The molecule has 12 heteroatoms. The van der Waals surface area contributed by atoms with E-state index in [1.807, 2.05) is 60.7 Å². The summed E-state index contributed by atoms with van der Waals surface area (Å²) in [7, 11) is 0. The van der Waals surface area contributed by atoms with Gasteiger partial charge in [-0.05, 0) is 16.7 Å². The van der Waals surface area contributed by atoms with Crippen LogP contribution in [0.3, 0.4) is 0 Å². The number of ether oxygens (including phenoxy) is 3. The van der Waals surface area contributed by atoms with Crippen molar-refractivity contribution in [3.05, 3.63) is 131 Å². The zero-order chi connectivity index (χ0) is 31.1. The topological polar surface area (TPSA) is 123 Å². The smallest absolute Gasteiger partial charge is 0.445 e. The molecular weight excluding hydrogens is 606 g/mol. The Kier molecular flexibility index (Phi) is 9.88. The fourth-order valence-corrected chi connectivity index (χ4v) is 6.18. The van der Waals surface area contributed by atoms with Crippen molar-refractivity contribution in [1.29, 1.82) is 0 Å². The minimum absolute atomic E-state index is 0.0422. The van der Waals surface area contributed by atoms with Crippen molar-refractivity contribution in [3.8, 4) is 0 Å². The molecule has 10 nitrogen and oxygen atoms in total. The van der Waals surface area contributed by atoms with Crippen LogP contribution in [0.5, 0.6) is 0 Å². The molecule has 2 unspecified atom stereocenters. The third-order valence-corrected chi connectivity index (χ3v) is 8.49. The number of hydrogen-bond acceptors (Lipinski definition) is 8. The Bertz CT molecular complexity index is 1520. The average molecular weight is 634 g/mol. The van der Waals surface area contributed by atoms with Crippen LogP contribution in [-0.4, -0.2) is 52.7 Å². The number of carbonyl (C=O) groups is 4. The van der Waals surface area contributed by atoms with Crippen molar-refractivity contribution in [3.63, 3.8) is 0 Å². The number of nitrogens with one attached hydrogen (secondary N) is 2. The average Bonchev–Trinajstić information content (AvgIpc) is 3.05. The van der Waals surface area contributed by atoms with Crippen LogP contribution in [0.1, 0.15) is 28.8 Å². The van der Waals surface area contributed by atoms with E-state index in [0.29, 0.717) is 5.56 Å². The molecule has 5 rings (SSSR count). The number of hydrogen-bond donors (Lipinski definition) is 2. The Morgan fingerprint density at radius 3 is 2.09 bits per heavy atom. The van der Waals surface area contributed by atoms with E-state index in [2.05, 4.69) is 17.2 Å². The van der Waals surface area contributed by atoms with Gasteiger partial charge in [0, 0.05) is 5.75 Å². The number of benzene rings is 3. The highest BCUT2D eigenvalue weighted by Crippen LogP contribution is 2.42. The Hall–Kier alpha value is -4.74. The maximum atomic E-state index is 13.4. The summed E-state index contributed by atoms with van der Waals surface area (Å²) >= 11 is 7.71. The number of thioether (sulfide) groups is 1. The second-order valence-electron chi connectivity index (χ2n) is 9.65. The maximum absolute atomic E-state index is 13.4. The zero-order valence-electron chi connectivity index (χ0n) is 23.3. The van der Waals surface area contributed by atoms with E-state index in [0.717, 1.165) is 11.1 Å². The molecule has 2 heterocycles. The van der Waals surface area contributed by atoms with Gasteiger partial charge in [-0.25, -0.2) is 9.59 Å². The summed E-state index contributed by atoms with van der Waals surface area (Å²) in [6.45, 7) is 3.46. The monoisotopic (exact) mass is 633 g/mol. The lowest BCUT2D eigenvalue weighted by molar-refractivity contribution is -0.149.